The van der Waals surface area contributed by atoms with Gasteiger partial charge >= 0.3 is 0 Å². The molecule has 0 amide bonds. The molecule has 0 N–H and O–H groups in total. The summed E-state index contributed by atoms with van der Waals surface area (Å²) >= 11 is 0. The predicted molar refractivity (Wildman–Crippen MR) is 86.3 cm³/mol. The first kappa shape index (κ1) is 14.0. The zero-order valence-corrected chi connectivity index (χ0v) is 12.3. The summed E-state index contributed by atoms with van der Waals surface area (Å²) in [4.78, 5) is 15.4. The molecule has 0 fully saturated rings. The summed E-state index contributed by atoms with van der Waals surface area (Å²) < 4.78 is 0. The fraction of sp³-hybridized carbons (Fsp3) is 0.176. The number of fused-ring (bicyclic) bond motifs is 1. The summed E-state index contributed by atoms with van der Waals surface area (Å²) in [5.41, 5.74) is 1.76. The van der Waals surface area contributed by atoms with Gasteiger partial charge in [-0.15, -0.1) is 0 Å². The lowest BCUT2D eigenvalue weighted by molar-refractivity contribution is 0.888. The van der Waals surface area contributed by atoms with Crippen LogP contribution >= 0.6 is 0 Å². The van der Waals surface area contributed by atoms with Gasteiger partial charge in [-0.05, 0) is 24.3 Å². The fourth-order valence-electron chi connectivity index (χ4n) is 2.30. The summed E-state index contributed by atoms with van der Waals surface area (Å²) in [7, 11) is 1.94. The number of anilines is 1. The summed E-state index contributed by atoms with van der Waals surface area (Å²) in [6, 6.07) is 13.9. The summed E-state index contributed by atoms with van der Waals surface area (Å²) in [6.45, 7) is 0.629. The first-order valence-corrected chi connectivity index (χ1v) is 7.05. The number of hydrogen-bond acceptors (Lipinski definition) is 5. The second kappa shape index (κ2) is 6.19. The third-order valence-corrected chi connectivity index (χ3v) is 3.42. The van der Waals surface area contributed by atoms with Crippen LogP contribution in [0.3, 0.4) is 0 Å². The average Bonchev–Trinajstić information content (AvgIpc) is 2.59. The van der Waals surface area contributed by atoms with Gasteiger partial charge < -0.3 is 4.90 Å². The summed E-state index contributed by atoms with van der Waals surface area (Å²) in [6.07, 6.45) is 3.94. The normalized spacial score (nSPS) is 10.4. The maximum absolute atomic E-state index is 8.79. The second-order valence-electron chi connectivity index (χ2n) is 4.96. The van der Waals surface area contributed by atoms with Gasteiger partial charge in [0.2, 0.25) is 0 Å². The van der Waals surface area contributed by atoms with E-state index in [2.05, 4.69) is 21.0 Å². The van der Waals surface area contributed by atoms with Crippen LogP contribution < -0.4 is 4.90 Å². The van der Waals surface area contributed by atoms with E-state index in [0.717, 1.165) is 22.3 Å². The predicted octanol–water partition coefficient (Wildman–Crippen LogP) is 3.04. The number of hydrogen-bond donors (Lipinski definition) is 0. The molecule has 3 rings (SSSR count). The Hall–Kier alpha value is -3.00. The summed E-state index contributed by atoms with van der Waals surface area (Å²) in [5, 5.41) is 9.77. The first-order valence-electron chi connectivity index (χ1n) is 7.05. The molecule has 0 saturated carbocycles. The van der Waals surface area contributed by atoms with Crippen LogP contribution in [0.5, 0.6) is 0 Å². The second-order valence-corrected chi connectivity index (χ2v) is 4.96. The van der Waals surface area contributed by atoms with Crippen LogP contribution in [0.15, 0.2) is 48.8 Å². The van der Waals surface area contributed by atoms with Gasteiger partial charge in [0.15, 0.2) is 5.82 Å². The lowest BCUT2D eigenvalue weighted by Crippen LogP contribution is -2.20. The van der Waals surface area contributed by atoms with Crippen molar-refractivity contribution in [1.82, 2.24) is 15.0 Å². The molecular weight excluding hydrogens is 274 g/mol. The van der Waals surface area contributed by atoms with Gasteiger partial charge in [-0.25, -0.2) is 9.97 Å². The average molecular weight is 289 g/mol. The van der Waals surface area contributed by atoms with Crippen molar-refractivity contribution in [2.24, 2.45) is 0 Å². The van der Waals surface area contributed by atoms with Crippen LogP contribution in [-0.4, -0.2) is 28.5 Å². The van der Waals surface area contributed by atoms with E-state index in [9.17, 15) is 0 Å². The molecule has 0 atom stereocenters. The van der Waals surface area contributed by atoms with Crippen molar-refractivity contribution in [1.29, 1.82) is 5.26 Å². The van der Waals surface area contributed by atoms with Crippen molar-refractivity contribution in [3.63, 3.8) is 0 Å². The maximum Gasteiger partial charge on any atom is 0.163 e. The molecule has 0 aliphatic heterocycles. The lowest BCUT2D eigenvalue weighted by Gasteiger charge is -2.19. The SMILES string of the molecule is CN(CCC#N)c1nc(-c2cccnc2)nc2ccccc12. The first-order chi connectivity index (χ1) is 10.8. The number of benzene rings is 1. The molecule has 5 heteroatoms. The zero-order valence-electron chi connectivity index (χ0n) is 12.3. The highest BCUT2D eigenvalue weighted by Gasteiger charge is 2.12. The highest BCUT2D eigenvalue weighted by atomic mass is 15.2. The Kier molecular flexibility index (Phi) is 3.92. The Bertz CT molecular complexity index is 823. The molecule has 2 heterocycles. The molecule has 5 nitrogen and oxygen atoms in total. The van der Waals surface area contributed by atoms with Crippen LogP contribution in [0.25, 0.3) is 22.3 Å². The standard InChI is InChI=1S/C17H15N5/c1-22(11-5-9-18)17-14-7-2-3-8-15(14)20-16(21-17)13-6-4-10-19-12-13/h2-4,6-8,10,12H,5,11H2,1H3. The molecule has 108 valence electrons. The molecule has 0 saturated heterocycles. The van der Waals surface area contributed by atoms with E-state index in [-0.39, 0.29) is 0 Å². The van der Waals surface area contributed by atoms with Crippen LogP contribution in [0.4, 0.5) is 5.82 Å². The van der Waals surface area contributed by atoms with Gasteiger partial charge in [0.25, 0.3) is 0 Å². The van der Waals surface area contributed by atoms with Crippen molar-refractivity contribution in [3.05, 3.63) is 48.8 Å². The Morgan fingerprint density at radius 2 is 2.00 bits per heavy atom. The largest absolute Gasteiger partial charge is 0.358 e. The number of nitriles is 1. The van der Waals surface area contributed by atoms with Crippen LogP contribution in [0.1, 0.15) is 6.42 Å². The van der Waals surface area contributed by atoms with Gasteiger partial charge in [-0.2, -0.15) is 5.26 Å². The van der Waals surface area contributed by atoms with Crippen molar-refractivity contribution < 1.29 is 0 Å². The number of para-hydroxylation sites is 1. The number of nitrogens with zero attached hydrogens (tertiary/aromatic N) is 5. The summed E-state index contributed by atoms with van der Waals surface area (Å²) in [5.74, 6) is 1.48. The Labute approximate surface area is 128 Å². The van der Waals surface area contributed by atoms with Crippen LogP contribution in [-0.2, 0) is 0 Å². The molecule has 0 spiro atoms. The van der Waals surface area contributed by atoms with Gasteiger partial charge in [0.1, 0.15) is 5.82 Å². The quantitative estimate of drug-likeness (QED) is 0.738. The zero-order chi connectivity index (χ0) is 15.4. The van der Waals surface area contributed by atoms with Gasteiger partial charge in [-0.1, -0.05) is 12.1 Å². The number of rotatable bonds is 4. The molecule has 1 aromatic carbocycles. The van der Waals surface area contributed by atoms with Crippen molar-refractivity contribution in [2.45, 2.75) is 6.42 Å². The maximum atomic E-state index is 8.79. The molecule has 3 aromatic rings. The van der Waals surface area contributed by atoms with E-state index in [0.29, 0.717) is 18.8 Å². The lowest BCUT2D eigenvalue weighted by atomic mass is 10.2. The highest BCUT2D eigenvalue weighted by Crippen LogP contribution is 2.26. The van der Waals surface area contributed by atoms with Crippen molar-refractivity contribution in [2.75, 3.05) is 18.5 Å². The van der Waals surface area contributed by atoms with E-state index in [4.69, 9.17) is 5.26 Å². The Morgan fingerprint density at radius 1 is 1.14 bits per heavy atom. The van der Waals surface area contributed by atoms with E-state index < -0.39 is 0 Å². The minimum Gasteiger partial charge on any atom is -0.358 e. The molecule has 22 heavy (non-hydrogen) atoms. The monoisotopic (exact) mass is 289 g/mol. The fourth-order valence-corrected chi connectivity index (χ4v) is 2.30. The van der Waals surface area contributed by atoms with E-state index in [1.54, 1.807) is 12.4 Å². The van der Waals surface area contributed by atoms with Crippen LogP contribution in [0.2, 0.25) is 0 Å². The Morgan fingerprint density at radius 3 is 2.77 bits per heavy atom. The van der Waals surface area contributed by atoms with Gasteiger partial charge in [0, 0.05) is 36.9 Å². The van der Waals surface area contributed by atoms with E-state index >= 15 is 0 Å². The topological polar surface area (TPSA) is 65.7 Å². The number of pyridine rings is 1. The highest BCUT2D eigenvalue weighted by molar-refractivity contribution is 5.90. The molecule has 0 unspecified atom stereocenters. The minimum atomic E-state index is 0.455. The van der Waals surface area contributed by atoms with Crippen molar-refractivity contribution in [3.8, 4) is 17.5 Å². The van der Waals surface area contributed by atoms with E-state index in [1.165, 1.54) is 0 Å². The van der Waals surface area contributed by atoms with Crippen molar-refractivity contribution >= 4 is 16.7 Å². The molecule has 0 bridgehead atoms. The van der Waals surface area contributed by atoms with Gasteiger partial charge in [-0.3, -0.25) is 4.98 Å². The van der Waals surface area contributed by atoms with Gasteiger partial charge in [0.05, 0.1) is 18.0 Å². The molecule has 0 radical (unpaired) electrons. The molecule has 2 aromatic heterocycles. The molecule has 0 aliphatic rings. The molecule has 0 aliphatic carbocycles. The number of aromatic nitrogens is 3. The van der Waals surface area contributed by atoms with E-state index in [1.807, 2.05) is 48.3 Å². The van der Waals surface area contributed by atoms with Crippen LogP contribution in [0, 0.1) is 11.3 Å². The third kappa shape index (κ3) is 2.72. The third-order valence-electron chi connectivity index (χ3n) is 3.42. The Balaban J connectivity index is 2.15. The smallest absolute Gasteiger partial charge is 0.163 e. The minimum absolute atomic E-state index is 0.455. The molecular formula is C17H15N5.